The summed E-state index contributed by atoms with van der Waals surface area (Å²) in [5, 5.41) is 11.9. The average Bonchev–Trinajstić information content (AvgIpc) is 2.33. The van der Waals surface area contributed by atoms with Gasteiger partial charge in [-0.2, -0.15) is 0 Å². The van der Waals surface area contributed by atoms with E-state index in [4.69, 9.17) is 14.7 Å². The Hall–Kier alpha value is -1.55. The maximum absolute atomic E-state index is 8.71. The van der Waals surface area contributed by atoms with Crippen molar-refractivity contribution in [1.82, 2.24) is 0 Å². The van der Waals surface area contributed by atoms with Crippen molar-refractivity contribution in [3.8, 4) is 5.75 Å². The maximum atomic E-state index is 8.71. The van der Waals surface area contributed by atoms with Gasteiger partial charge in [0.25, 0.3) is 0 Å². The van der Waals surface area contributed by atoms with E-state index in [9.17, 15) is 0 Å². The largest absolute Gasteiger partial charge is 0.491 e. The molecular weight excluding hydrogens is 230 g/mol. The summed E-state index contributed by atoms with van der Waals surface area (Å²) >= 11 is 0. The Morgan fingerprint density at radius 3 is 2.61 bits per heavy atom. The predicted octanol–water partition coefficient (Wildman–Crippen LogP) is 3.08. The fourth-order valence-electron chi connectivity index (χ4n) is 1.38. The Morgan fingerprint density at radius 1 is 1.28 bits per heavy atom. The third-order valence-corrected chi connectivity index (χ3v) is 2.29. The van der Waals surface area contributed by atoms with Gasteiger partial charge in [0.1, 0.15) is 12.4 Å². The Labute approximate surface area is 108 Å². The van der Waals surface area contributed by atoms with E-state index in [1.807, 2.05) is 45.0 Å². The van der Waals surface area contributed by atoms with Crippen LogP contribution in [0.3, 0.4) is 0 Å². The van der Waals surface area contributed by atoms with Crippen LogP contribution in [-0.4, -0.2) is 29.7 Å². The van der Waals surface area contributed by atoms with Crippen molar-refractivity contribution in [1.29, 1.82) is 0 Å². The predicted molar refractivity (Wildman–Crippen MR) is 71.6 cm³/mol. The van der Waals surface area contributed by atoms with Crippen LogP contribution in [0.4, 0.5) is 0 Å². The summed E-state index contributed by atoms with van der Waals surface area (Å²) in [7, 11) is 0. The lowest BCUT2D eigenvalue weighted by molar-refractivity contribution is -0.0163. The number of rotatable bonds is 5. The molecule has 0 fully saturated rings. The van der Waals surface area contributed by atoms with Crippen LogP contribution in [0, 0.1) is 0 Å². The van der Waals surface area contributed by atoms with Crippen LogP contribution in [0.1, 0.15) is 33.3 Å². The van der Waals surface area contributed by atoms with E-state index < -0.39 is 0 Å². The second-order valence-corrected chi connectivity index (χ2v) is 5.02. The van der Waals surface area contributed by atoms with E-state index in [0.29, 0.717) is 18.9 Å². The van der Waals surface area contributed by atoms with Crippen LogP contribution in [0.5, 0.6) is 5.75 Å². The molecule has 0 spiro atoms. The van der Waals surface area contributed by atoms with Crippen molar-refractivity contribution in [2.24, 2.45) is 5.16 Å². The smallest absolute Gasteiger partial charge is 0.120 e. The molecule has 4 nitrogen and oxygen atoms in total. The van der Waals surface area contributed by atoms with Crippen molar-refractivity contribution in [2.45, 2.75) is 33.3 Å². The molecule has 1 rings (SSSR count). The monoisotopic (exact) mass is 251 g/mol. The van der Waals surface area contributed by atoms with Crippen LogP contribution < -0.4 is 4.74 Å². The minimum Gasteiger partial charge on any atom is -0.491 e. The molecular formula is C14H21NO3. The molecule has 0 aliphatic rings. The lowest BCUT2D eigenvalue weighted by atomic mass is 10.1. The molecule has 0 saturated carbocycles. The molecule has 0 aliphatic carbocycles. The van der Waals surface area contributed by atoms with Gasteiger partial charge in [0.2, 0.25) is 0 Å². The van der Waals surface area contributed by atoms with E-state index in [0.717, 1.165) is 11.3 Å². The first kappa shape index (κ1) is 14.5. The van der Waals surface area contributed by atoms with Gasteiger partial charge < -0.3 is 14.7 Å². The fraction of sp³-hybridized carbons (Fsp3) is 0.500. The minimum absolute atomic E-state index is 0.147. The number of oxime groups is 1. The van der Waals surface area contributed by atoms with Gasteiger partial charge in [-0.05, 0) is 39.8 Å². The van der Waals surface area contributed by atoms with Gasteiger partial charge in [0.05, 0.1) is 17.9 Å². The first-order valence-electron chi connectivity index (χ1n) is 5.98. The molecule has 0 unspecified atom stereocenters. The topological polar surface area (TPSA) is 51.1 Å². The standard InChI is InChI=1S/C14H21NO3/c1-11(15-16)12-6-5-7-13(10-12)17-8-9-18-14(2,3)4/h5-7,10,16H,8-9H2,1-4H3/b15-11-. The van der Waals surface area contributed by atoms with E-state index in [-0.39, 0.29) is 5.60 Å². The first-order valence-corrected chi connectivity index (χ1v) is 5.98. The molecule has 0 aromatic heterocycles. The van der Waals surface area contributed by atoms with E-state index >= 15 is 0 Å². The fourth-order valence-corrected chi connectivity index (χ4v) is 1.38. The van der Waals surface area contributed by atoms with E-state index in [2.05, 4.69) is 5.16 Å². The van der Waals surface area contributed by atoms with Crippen molar-refractivity contribution < 1.29 is 14.7 Å². The third kappa shape index (κ3) is 5.19. The van der Waals surface area contributed by atoms with Crippen molar-refractivity contribution in [3.05, 3.63) is 29.8 Å². The average molecular weight is 251 g/mol. The van der Waals surface area contributed by atoms with Gasteiger partial charge in [-0.15, -0.1) is 0 Å². The molecule has 0 aliphatic heterocycles. The van der Waals surface area contributed by atoms with Crippen LogP contribution in [0.25, 0.3) is 0 Å². The molecule has 18 heavy (non-hydrogen) atoms. The zero-order valence-electron chi connectivity index (χ0n) is 11.4. The molecule has 1 aromatic rings. The molecule has 1 aromatic carbocycles. The van der Waals surface area contributed by atoms with Crippen LogP contribution in [-0.2, 0) is 4.74 Å². The summed E-state index contributed by atoms with van der Waals surface area (Å²) in [6, 6.07) is 7.44. The second-order valence-electron chi connectivity index (χ2n) is 5.02. The maximum Gasteiger partial charge on any atom is 0.120 e. The molecule has 100 valence electrons. The summed E-state index contributed by atoms with van der Waals surface area (Å²) in [4.78, 5) is 0. The van der Waals surface area contributed by atoms with Crippen LogP contribution >= 0.6 is 0 Å². The summed E-state index contributed by atoms with van der Waals surface area (Å²) in [5.41, 5.74) is 1.25. The summed E-state index contributed by atoms with van der Waals surface area (Å²) in [5.74, 6) is 0.744. The Morgan fingerprint density at radius 2 is 2.00 bits per heavy atom. The zero-order chi connectivity index (χ0) is 13.6. The van der Waals surface area contributed by atoms with E-state index in [1.54, 1.807) is 6.92 Å². The molecule has 4 heteroatoms. The normalized spacial score (nSPS) is 12.6. The Bertz CT molecular complexity index is 408. The van der Waals surface area contributed by atoms with Crippen LogP contribution in [0.2, 0.25) is 0 Å². The van der Waals surface area contributed by atoms with Gasteiger partial charge in [-0.25, -0.2) is 0 Å². The molecule has 0 saturated heterocycles. The van der Waals surface area contributed by atoms with Gasteiger partial charge in [0.15, 0.2) is 0 Å². The molecule has 0 radical (unpaired) electrons. The van der Waals surface area contributed by atoms with Crippen LogP contribution in [0.15, 0.2) is 29.4 Å². The third-order valence-electron chi connectivity index (χ3n) is 2.29. The molecule has 0 amide bonds. The lowest BCUT2D eigenvalue weighted by Crippen LogP contribution is -2.22. The quantitative estimate of drug-likeness (QED) is 0.378. The van der Waals surface area contributed by atoms with Crippen molar-refractivity contribution >= 4 is 5.71 Å². The number of nitrogens with zero attached hydrogens (tertiary/aromatic N) is 1. The minimum atomic E-state index is -0.147. The lowest BCUT2D eigenvalue weighted by Gasteiger charge is -2.19. The molecule has 0 atom stereocenters. The zero-order valence-corrected chi connectivity index (χ0v) is 11.4. The van der Waals surface area contributed by atoms with Crippen molar-refractivity contribution in [2.75, 3.05) is 13.2 Å². The Kier molecular flexibility index (Phi) is 5.16. The summed E-state index contributed by atoms with van der Waals surface area (Å²) in [6.45, 7) is 8.80. The number of benzene rings is 1. The molecule has 0 heterocycles. The molecule has 1 N–H and O–H groups in total. The van der Waals surface area contributed by atoms with E-state index in [1.165, 1.54) is 0 Å². The van der Waals surface area contributed by atoms with Gasteiger partial charge in [-0.1, -0.05) is 17.3 Å². The van der Waals surface area contributed by atoms with Crippen molar-refractivity contribution in [3.63, 3.8) is 0 Å². The van der Waals surface area contributed by atoms with Gasteiger partial charge >= 0.3 is 0 Å². The highest BCUT2D eigenvalue weighted by Crippen LogP contribution is 2.14. The summed E-state index contributed by atoms with van der Waals surface area (Å²) in [6.07, 6.45) is 0. The number of ether oxygens (including phenoxy) is 2. The SMILES string of the molecule is C/C(=N/O)c1cccc(OCCOC(C)(C)C)c1. The molecule has 0 bridgehead atoms. The first-order chi connectivity index (χ1) is 8.42. The number of hydrogen-bond acceptors (Lipinski definition) is 4. The van der Waals surface area contributed by atoms with Gasteiger partial charge in [-0.3, -0.25) is 0 Å². The Balaban J connectivity index is 2.48. The summed E-state index contributed by atoms with van der Waals surface area (Å²) < 4.78 is 11.1. The number of hydrogen-bond donors (Lipinski definition) is 1. The van der Waals surface area contributed by atoms with Gasteiger partial charge in [0, 0.05) is 5.56 Å². The highest BCUT2D eigenvalue weighted by Gasteiger charge is 2.09. The second kappa shape index (κ2) is 6.40. The highest BCUT2D eigenvalue weighted by atomic mass is 16.5. The highest BCUT2D eigenvalue weighted by molar-refractivity contribution is 5.98.